The highest BCUT2D eigenvalue weighted by atomic mass is 16.5. The molecule has 1 aromatic heterocycles. The summed E-state index contributed by atoms with van der Waals surface area (Å²) in [5.41, 5.74) is 2.14. The number of benzene rings is 1. The van der Waals surface area contributed by atoms with Gasteiger partial charge in [-0.1, -0.05) is 75.8 Å². The molecule has 118 valence electrons. The maximum Gasteiger partial charge on any atom is 0.316 e. The van der Waals surface area contributed by atoms with Crippen LogP contribution < -0.4 is 4.74 Å². The summed E-state index contributed by atoms with van der Waals surface area (Å²) in [6, 6.07) is 10.6. The predicted molar refractivity (Wildman–Crippen MR) is 91.0 cm³/mol. The summed E-state index contributed by atoms with van der Waals surface area (Å²) in [5, 5.41) is 0. The second-order valence-electron chi connectivity index (χ2n) is 5.59. The highest BCUT2D eigenvalue weighted by Crippen LogP contribution is 2.17. The quantitative estimate of drug-likeness (QED) is 0.560. The molecule has 0 N–H and O–H groups in total. The van der Waals surface area contributed by atoms with Gasteiger partial charge in [-0.05, 0) is 12.0 Å². The van der Waals surface area contributed by atoms with Gasteiger partial charge in [-0.15, -0.1) is 0 Å². The van der Waals surface area contributed by atoms with Crippen LogP contribution in [0, 0.1) is 0 Å². The molecule has 0 aliphatic heterocycles. The zero-order valence-electron chi connectivity index (χ0n) is 13.5. The van der Waals surface area contributed by atoms with Crippen molar-refractivity contribution in [3.63, 3.8) is 0 Å². The summed E-state index contributed by atoms with van der Waals surface area (Å²) in [6.45, 7) is 2.95. The van der Waals surface area contributed by atoms with E-state index in [0.29, 0.717) is 12.6 Å². The minimum absolute atomic E-state index is 0.477. The van der Waals surface area contributed by atoms with Gasteiger partial charge in [0.25, 0.3) is 0 Å². The third-order valence-electron chi connectivity index (χ3n) is 3.71. The maximum atomic E-state index is 5.60. The van der Waals surface area contributed by atoms with Gasteiger partial charge in [-0.3, -0.25) is 0 Å². The smallest absolute Gasteiger partial charge is 0.316 e. The number of ether oxygens (including phenoxy) is 1. The van der Waals surface area contributed by atoms with Crippen molar-refractivity contribution in [2.24, 2.45) is 0 Å². The van der Waals surface area contributed by atoms with E-state index in [0.717, 1.165) is 17.5 Å². The Balaban J connectivity index is 1.65. The Kier molecular flexibility index (Phi) is 7.44. The molecule has 0 spiro atoms. The fraction of sp³-hybridized carbons (Fsp3) is 0.474. The zero-order chi connectivity index (χ0) is 15.5. The molecule has 2 aromatic rings. The Bertz CT molecular complexity index is 511. The molecule has 1 heterocycles. The lowest BCUT2D eigenvalue weighted by molar-refractivity contribution is 0.281. The summed E-state index contributed by atoms with van der Waals surface area (Å²) in [6.07, 6.45) is 12.6. The van der Waals surface area contributed by atoms with Crippen molar-refractivity contribution in [1.29, 1.82) is 0 Å². The van der Waals surface area contributed by atoms with Gasteiger partial charge in [0.2, 0.25) is 0 Å². The fourth-order valence-corrected chi connectivity index (χ4v) is 2.39. The molecule has 0 saturated heterocycles. The third kappa shape index (κ3) is 5.84. The van der Waals surface area contributed by atoms with Crippen LogP contribution in [0.15, 0.2) is 42.7 Å². The Morgan fingerprint density at radius 3 is 2.09 bits per heavy atom. The molecule has 0 fully saturated rings. The Morgan fingerprint density at radius 2 is 1.41 bits per heavy atom. The molecule has 0 aliphatic rings. The molecule has 1 aromatic carbocycles. The molecule has 0 amide bonds. The first-order chi connectivity index (χ1) is 10.9. The van der Waals surface area contributed by atoms with Crippen LogP contribution in [0.5, 0.6) is 6.01 Å². The van der Waals surface area contributed by atoms with E-state index in [1.807, 2.05) is 30.6 Å². The van der Waals surface area contributed by atoms with E-state index in [1.54, 1.807) is 0 Å². The number of nitrogens with zero attached hydrogens (tertiary/aromatic N) is 2. The average molecular weight is 298 g/mol. The van der Waals surface area contributed by atoms with Gasteiger partial charge < -0.3 is 4.74 Å². The highest BCUT2D eigenvalue weighted by molar-refractivity contribution is 5.61. The van der Waals surface area contributed by atoms with Crippen molar-refractivity contribution >= 4 is 0 Å². The van der Waals surface area contributed by atoms with Gasteiger partial charge in [0.15, 0.2) is 0 Å². The lowest BCUT2D eigenvalue weighted by atomic mass is 10.1. The SMILES string of the molecule is CCCCCCCCCOc1ncc(-c2ccccc2)cn1. The second kappa shape index (κ2) is 9.93. The lowest BCUT2D eigenvalue weighted by Crippen LogP contribution is -2.01. The molecule has 0 unspecified atom stereocenters. The van der Waals surface area contributed by atoms with Crippen LogP contribution in [-0.4, -0.2) is 16.6 Å². The van der Waals surface area contributed by atoms with Gasteiger partial charge in [0.05, 0.1) is 6.61 Å². The molecular formula is C19H26N2O. The van der Waals surface area contributed by atoms with Gasteiger partial charge in [-0.25, -0.2) is 9.97 Å². The molecular weight excluding hydrogens is 272 g/mol. The topological polar surface area (TPSA) is 35.0 Å². The molecule has 3 nitrogen and oxygen atoms in total. The fourth-order valence-electron chi connectivity index (χ4n) is 2.39. The van der Waals surface area contributed by atoms with Crippen LogP contribution in [0.3, 0.4) is 0 Å². The van der Waals surface area contributed by atoms with Crippen LogP contribution in [0.25, 0.3) is 11.1 Å². The molecule has 0 atom stereocenters. The van der Waals surface area contributed by atoms with Crippen molar-refractivity contribution in [2.45, 2.75) is 51.9 Å². The number of hydrogen-bond donors (Lipinski definition) is 0. The van der Waals surface area contributed by atoms with Gasteiger partial charge in [0.1, 0.15) is 0 Å². The first kappa shape index (κ1) is 16.5. The molecule has 0 bridgehead atoms. The molecule has 3 heteroatoms. The van der Waals surface area contributed by atoms with Gasteiger partial charge in [-0.2, -0.15) is 0 Å². The van der Waals surface area contributed by atoms with Crippen molar-refractivity contribution < 1.29 is 4.74 Å². The maximum absolute atomic E-state index is 5.60. The van der Waals surface area contributed by atoms with E-state index in [2.05, 4.69) is 29.0 Å². The number of rotatable bonds is 10. The van der Waals surface area contributed by atoms with Crippen molar-refractivity contribution in [1.82, 2.24) is 9.97 Å². The van der Waals surface area contributed by atoms with E-state index in [4.69, 9.17) is 4.74 Å². The largest absolute Gasteiger partial charge is 0.463 e. The van der Waals surface area contributed by atoms with Crippen molar-refractivity contribution in [3.8, 4) is 17.1 Å². The first-order valence-corrected chi connectivity index (χ1v) is 8.40. The molecule has 2 rings (SSSR count). The Labute approximate surface area is 133 Å². The minimum atomic E-state index is 0.477. The Morgan fingerprint density at radius 1 is 0.773 bits per heavy atom. The summed E-state index contributed by atoms with van der Waals surface area (Å²) in [5.74, 6) is 0. The number of aromatic nitrogens is 2. The molecule has 0 aliphatic carbocycles. The van der Waals surface area contributed by atoms with E-state index in [-0.39, 0.29) is 0 Å². The Hall–Kier alpha value is -1.90. The highest BCUT2D eigenvalue weighted by Gasteiger charge is 2.01. The summed E-state index contributed by atoms with van der Waals surface area (Å²) < 4.78 is 5.60. The van der Waals surface area contributed by atoms with E-state index in [9.17, 15) is 0 Å². The second-order valence-corrected chi connectivity index (χ2v) is 5.59. The van der Waals surface area contributed by atoms with Crippen molar-refractivity contribution in [2.75, 3.05) is 6.61 Å². The van der Waals surface area contributed by atoms with E-state index >= 15 is 0 Å². The van der Waals surface area contributed by atoms with Gasteiger partial charge >= 0.3 is 6.01 Å². The molecule has 0 saturated carbocycles. The van der Waals surface area contributed by atoms with Crippen LogP contribution in [0.1, 0.15) is 51.9 Å². The predicted octanol–water partition coefficient (Wildman–Crippen LogP) is 5.27. The first-order valence-electron chi connectivity index (χ1n) is 8.40. The number of unbranched alkanes of at least 4 members (excludes halogenated alkanes) is 6. The number of hydrogen-bond acceptors (Lipinski definition) is 3. The summed E-state index contributed by atoms with van der Waals surface area (Å²) >= 11 is 0. The van der Waals surface area contributed by atoms with Crippen LogP contribution >= 0.6 is 0 Å². The zero-order valence-corrected chi connectivity index (χ0v) is 13.5. The lowest BCUT2D eigenvalue weighted by Gasteiger charge is -2.05. The van der Waals surface area contributed by atoms with Crippen LogP contribution in [0.2, 0.25) is 0 Å². The van der Waals surface area contributed by atoms with E-state index in [1.165, 1.54) is 38.5 Å². The van der Waals surface area contributed by atoms with Crippen LogP contribution in [-0.2, 0) is 0 Å². The standard InChI is InChI=1S/C19H26N2O/c1-2-3-4-5-6-7-11-14-22-19-20-15-18(16-21-19)17-12-9-8-10-13-17/h8-10,12-13,15-16H,2-7,11,14H2,1H3. The third-order valence-corrected chi connectivity index (χ3v) is 3.71. The van der Waals surface area contributed by atoms with Gasteiger partial charge in [0, 0.05) is 18.0 Å². The monoisotopic (exact) mass is 298 g/mol. The normalized spacial score (nSPS) is 10.6. The molecule has 22 heavy (non-hydrogen) atoms. The summed E-state index contributed by atoms with van der Waals surface area (Å²) in [4.78, 5) is 8.56. The van der Waals surface area contributed by atoms with Crippen LogP contribution in [0.4, 0.5) is 0 Å². The summed E-state index contributed by atoms with van der Waals surface area (Å²) in [7, 11) is 0. The molecule has 0 radical (unpaired) electrons. The average Bonchev–Trinajstić information content (AvgIpc) is 2.59. The van der Waals surface area contributed by atoms with E-state index < -0.39 is 0 Å². The van der Waals surface area contributed by atoms with Crippen molar-refractivity contribution in [3.05, 3.63) is 42.7 Å². The minimum Gasteiger partial charge on any atom is -0.463 e.